The second-order valence-corrected chi connectivity index (χ2v) is 5.60. The molecule has 5 heteroatoms. The van der Waals surface area contributed by atoms with Gasteiger partial charge in [-0.1, -0.05) is 18.6 Å². The van der Waals surface area contributed by atoms with E-state index in [1.165, 1.54) is 24.8 Å². The fraction of sp³-hybridized carbons (Fsp3) is 0.533. The van der Waals surface area contributed by atoms with Crippen LogP contribution in [0.3, 0.4) is 0 Å². The number of rotatable bonds is 4. The zero-order valence-electron chi connectivity index (χ0n) is 12.0. The van der Waals surface area contributed by atoms with Gasteiger partial charge in [-0.3, -0.25) is 0 Å². The molecule has 2 aromatic rings. The number of hydrogen-bond acceptors (Lipinski definition) is 4. The van der Waals surface area contributed by atoms with E-state index in [0.29, 0.717) is 6.04 Å². The average molecular weight is 271 g/mol. The number of aromatic nitrogens is 4. The maximum Gasteiger partial charge on any atom is 0.163 e. The number of hydrogen-bond donors (Lipinski definition) is 1. The van der Waals surface area contributed by atoms with E-state index < -0.39 is 0 Å². The van der Waals surface area contributed by atoms with Gasteiger partial charge in [0.05, 0.1) is 12.0 Å². The molecule has 1 atom stereocenters. The molecule has 1 aliphatic heterocycles. The Morgan fingerprint density at radius 3 is 3.10 bits per heavy atom. The van der Waals surface area contributed by atoms with Crippen LogP contribution in [0.15, 0.2) is 24.8 Å². The van der Waals surface area contributed by atoms with E-state index in [1.54, 1.807) is 6.33 Å². The van der Waals surface area contributed by atoms with Gasteiger partial charge in [-0.25, -0.2) is 15.0 Å². The van der Waals surface area contributed by atoms with Crippen LogP contribution in [0.4, 0.5) is 0 Å². The minimum absolute atomic E-state index is 0.586. The van der Waals surface area contributed by atoms with Crippen molar-refractivity contribution < 1.29 is 0 Å². The van der Waals surface area contributed by atoms with Crippen LogP contribution in [-0.2, 0) is 6.54 Å². The molecule has 5 nitrogen and oxygen atoms in total. The molecule has 1 saturated heterocycles. The number of piperidine rings is 1. The predicted octanol–water partition coefficient (Wildman–Crippen LogP) is 2.22. The molecule has 1 unspecified atom stereocenters. The summed E-state index contributed by atoms with van der Waals surface area (Å²) in [5.74, 6) is 0. The zero-order valence-corrected chi connectivity index (χ0v) is 12.0. The highest BCUT2D eigenvalue weighted by Gasteiger charge is 2.14. The smallest absolute Gasteiger partial charge is 0.163 e. The summed E-state index contributed by atoms with van der Waals surface area (Å²) in [4.78, 5) is 12.9. The Kier molecular flexibility index (Phi) is 3.78. The molecule has 0 bridgehead atoms. The highest BCUT2D eigenvalue weighted by Crippen LogP contribution is 2.18. The van der Waals surface area contributed by atoms with E-state index in [9.17, 15) is 0 Å². The Balaban J connectivity index is 1.69. The van der Waals surface area contributed by atoms with Crippen molar-refractivity contribution in [1.82, 2.24) is 24.8 Å². The summed E-state index contributed by atoms with van der Waals surface area (Å²) in [6.45, 7) is 8.10. The summed E-state index contributed by atoms with van der Waals surface area (Å²) < 4.78 is 2.06. The van der Waals surface area contributed by atoms with E-state index in [0.717, 1.165) is 36.4 Å². The molecule has 3 heterocycles. The molecule has 0 radical (unpaired) electrons. The topological polar surface area (TPSA) is 55.6 Å². The van der Waals surface area contributed by atoms with E-state index in [1.807, 2.05) is 13.3 Å². The van der Waals surface area contributed by atoms with Crippen molar-refractivity contribution in [2.75, 3.05) is 6.54 Å². The van der Waals surface area contributed by atoms with Gasteiger partial charge in [0.25, 0.3) is 0 Å². The molecule has 20 heavy (non-hydrogen) atoms. The van der Waals surface area contributed by atoms with Crippen molar-refractivity contribution in [3.05, 3.63) is 30.5 Å². The third kappa shape index (κ3) is 2.72. The standard InChI is InChI=1S/C15H21N5/c1-11(7-13-5-3-4-6-16-13)8-20-10-19-14-12(2)17-9-18-15(14)20/h9-10,13,16H,1,3-8H2,2H3. The lowest BCUT2D eigenvalue weighted by Gasteiger charge is -2.24. The van der Waals surface area contributed by atoms with Crippen molar-refractivity contribution >= 4 is 11.2 Å². The molecule has 3 rings (SSSR count). The third-order valence-electron chi connectivity index (χ3n) is 3.93. The number of nitrogens with one attached hydrogen (secondary N) is 1. The molecule has 1 aliphatic rings. The van der Waals surface area contributed by atoms with Crippen molar-refractivity contribution in [2.24, 2.45) is 0 Å². The van der Waals surface area contributed by atoms with Crippen molar-refractivity contribution in [3.8, 4) is 0 Å². The number of nitrogens with zero attached hydrogens (tertiary/aromatic N) is 4. The first-order chi connectivity index (χ1) is 9.74. The fourth-order valence-corrected chi connectivity index (χ4v) is 2.87. The average Bonchev–Trinajstić information content (AvgIpc) is 2.84. The molecule has 1 fully saturated rings. The van der Waals surface area contributed by atoms with Crippen LogP contribution in [0.1, 0.15) is 31.4 Å². The summed E-state index contributed by atoms with van der Waals surface area (Å²) in [5.41, 5.74) is 3.93. The molecular weight excluding hydrogens is 250 g/mol. The SMILES string of the molecule is C=C(CC1CCCCN1)Cn1cnc2c(C)ncnc21. The Labute approximate surface area is 119 Å². The largest absolute Gasteiger partial charge is 0.314 e. The first-order valence-electron chi connectivity index (χ1n) is 7.26. The molecule has 2 aromatic heterocycles. The molecule has 0 aromatic carbocycles. The number of imidazole rings is 1. The van der Waals surface area contributed by atoms with Gasteiger partial charge in [-0.2, -0.15) is 0 Å². The Bertz CT molecular complexity index is 610. The quantitative estimate of drug-likeness (QED) is 0.866. The summed E-state index contributed by atoms with van der Waals surface area (Å²) in [7, 11) is 0. The van der Waals surface area contributed by atoms with Crippen LogP contribution in [-0.4, -0.2) is 32.1 Å². The van der Waals surface area contributed by atoms with Crippen LogP contribution >= 0.6 is 0 Å². The molecular formula is C15H21N5. The minimum Gasteiger partial charge on any atom is -0.314 e. The van der Waals surface area contributed by atoms with E-state index in [-0.39, 0.29) is 0 Å². The molecule has 1 N–H and O–H groups in total. The highest BCUT2D eigenvalue weighted by atomic mass is 15.1. The first kappa shape index (κ1) is 13.2. The summed E-state index contributed by atoms with van der Waals surface area (Å²) in [6, 6.07) is 0.586. The van der Waals surface area contributed by atoms with Gasteiger partial charge in [0, 0.05) is 12.6 Å². The van der Waals surface area contributed by atoms with Gasteiger partial charge in [0.15, 0.2) is 5.65 Å². The lowest BCUT2D eigenvalue weighted by Crippen LogP contribution is -2.34. The van der Waals surface area contributed by atoms with Crippen LogP contribution in [0.5, 0.6) is 0 Å². The maximum absolute atomic E-state index is 4.40. The molecule has 0 spiro atoms. The van der Waals surface area contributed by atoms with Gasteiger partial charge in [0.1, 0.15) is 11.8 Å². The monoisotopic (exact) mass is 271 g/mol. The molecule has 0 aliphatic carbocycles. The van der Waals surface area contributed by atoms with Crippen molar-refractivity contribution in [3.63, 3.8) is 0 Å². The third-order valence-corrected chi connectivity index (χ3v) is 3.93. The van der Waals surface area contributed by atoms with Crippen LogP contribution < -0.4 is 5.32 Å². The second kappa shape index (κ2) is 5.71. The summed E-state index contributed by atoms with van der Waals surface area (Å²) in [6.07, 6.45) is 8.35. The van der Waals surface area contributed by atoms with E-state index in [2.05, 4.69) is 31.4 Å². The lowest BCUT2D eigenvalue weighted by molar-refractivity contribution is 0.395. The van der Waals surface area contributed by atoms with Gasteiger partial charge in [-0.05, 0) is 32.7 Å². The highest BCUT2D eigenvalue weighted by molar-refractivity contribution is 5.72. The maximum atomic E-state index is 4.40. The number of aryl methyl sites for hydroxylation is 1. The van der Waals surface area contributed by atoms with E-state index in [4.69, 9.17) is 0 Å². The van der Waals surface area contributed by atoms with Crippen LogP contribution in [0.25, 0.3) is 11.2 Å². The normalized spacial score (nSPS) is 19.4. The van der Waals surface area contributed by atoms with Crippen molar-refractivity contribution in [1.29, 1.82) is 0 Å². The van der Waals surface area contributed by atoms with Gasteiger partial charge < -0.3 is 9.88 Å². The van der Waals surface area contributed by atoms with E-state index >= 15 is 0 Å². The van der Waals surface area contributed by atoms with Crippen LogP contribution in [0.2, 0.25) is 0 Å². The predicted molar refractivity (Wildman–Crippen MR) is 79.5 cm³/mol. The Morgan fingerprint density at radius 2 is 2.30 bits per heavy atom. The molecule has 0 amide bonds. The Morgan fingerprint density at radius 1 is 1.40 bits per heavy atom. The zero-order chi connectivity index (χ0) is 13.9. The Hall–Kier alpha value is -1.75. The first-order valence-corrected chi connectivity index (χ1v) is 7.26. The lowest BCUT2D eigenvalue weighted by atomic mass is 9.98. The summed E-state index contributed by atoms with van der Waals surface area (Å²) in [5, 5.41) is 3.56. The van der Waals surface area contributed by atoms with Gasteiger partial charge >= 0.3 is 0 Å². The van der Waals surface area contributed by atoms with Crippen molar-refractivity contribution in [2.45, 2.75) is 45.2 Å². The molecule has 106 valence electrons. The number of fused-ring (bicyclic) bond motifs is 1. The fourth-order valence-electron chi connectivity index (χ4n) is 2.87. The van der Waals surface area contributed by atoms with Gasteiger partial charge in [-0.15, -0.1) is 0 Å². The molecule has 0 saturated carbocycles. The minimum atomic E-state index is 0.586. The summed E-state index contributed by atoms with van der Waals surface area (Å²) >= 11 is 0. The second-order valence-electron chi connectivity index (χ2n) is 5.60. The van der Waals surface area contributed by atoms with Gasteiger partial charge in [0.2, 0.25) is 0 Å². The van der Waals surface area contributed by atoms with Crippen LogP contribution in [0, 0.1) is 6.92 Å².